The lowest BCUT2D eigenvalue weighted by atomic mass is 10.2. The first-order valence-corrected chi connectivity index (χ1v) is 10.6. The van der Waals surface area contributed by atoms with Crippen LogP contribution in [0.15, 0.2) is 68.6 Å². The number of aromatic nitrogens is 1. The zero-order valence-corrected chi connectivity index (χ0v) is 16.3. The molecule has 28 heavy (non-hydrogen) atoms. The van der Waals surface area contributed by atoms with Gasteiger partial charge in [-0.2, -0.15) is 0 Å². The van der Waals surface area contributed by atoms with Crippen molar-refractivity contribution in [3.63, 3.8) is 0 Å². The van der Waals surface area contributed by atoms with E-state index in [4.69, 9.17) is 4.42 Å². The van der Waals surface area contributed by atoms with Crippen LogP contribution in [-0.4, -0.2) is 19.3 Å². The third-order valence-corrected chi connectivity index (χ3v) is 6.69. The molecule has 2 N–H and O–H groups in total. The summed E-state index contributed by atoms with van der Waals surface area (Å²) < 4.78 is 32.6. The Morgan fingerprint density at radius 3 is 2.54 bits per heavy atom. The van der Waals surface area contributed by atoms with Crippen molar-refractivity contribution in [2.24, 2.45) is 0 Å². The summed E-state index contributed by atoms with van der Waals surface area (Å²) in [6.45, 7) is 1.76. The fraction of sp³-hybridized carbons (Fsp3) is 0.0526. The number of carbonyl (C=O) groups excluding carboxylic acids is 1. The second-order valence-corrected chi connectivity index (χ2v) is 8.84. The van der Waals surface area contributed by atoms with Gasteiger partial charge in [-0.05, 0) is 53.9 Å². The third-order valence-electron chi connectivity index (χ3n) is 3.91. The number of hydrogen-bond donors (Lipinski definition) is 2. The average Bonchev–Trinajstić information content (AvgIpc) is 3.31. The number of sulfonamides is 1. The van der Waals surface area contributed by atoms with Gasteiger partial charge in [-0.15, -0.1) is 11.3 Å². The maximum atomic E-state index is 12.4. The van der Waals surface area contributed by atoms with E-state index in [0.29, 0.717) is 33.9 Å². The Kier molecular flexibility index (Phi) is 4.62. The van der Waals surface area contributed by atoms with E-state index in [-0.39, 0.29) is 10.1 Å². The van der Waals surface area contributed by atoms with Crippen LogP contribution >= 0.6 is 11.3 Å². The van der Waals surface area contributed by atoms with E-state index in [0.717, 1.165) is 11.3 Å². The van der Waals surface area contributed by atoms with Crippen molar-refractivity contribution in [3.8, 4) is 0 Å². The van der Waals surface area contributed by atoms with Gasteiger partial charge in [-0.3, -0.25) is 9.52 Å². The van der Waals surface area contributed by atoms with E-state index in [1.54, 1.807) is 60.8 Å². The second kappa shape index (κ2) is 7.10. The first-order chi connectivity index (χ1) is 13.4. The molecule has 2 aromatic heterocycles. The summed E-state index contributed by atoms with van der Waals surface area (Å²) in [5.41, 5.74) is 2.68. The van der Waals surface area contributed by atoms with E-state index in [2.05, 4.69) is 15.0 Å². The summed E-state index contributed by atoms with van der Waals surface area (Å²) in [6, 6.07) is 14.6. The van der Waals surface area contributed by atoms with Gasteiger partial charge in [0.05, 0.1) is 0 Å². The molecule has 0 unspecified atom stereocenters. The predicted octanol–water partition coefficient (Wildman–Crippen LogP) is 4.25. The highest BCUT2D eigenvalue weighted by Crippen LogP contribution is 2.22. The number of aryl methyl sites for hydroxylation is 1. The Morgan fingerprint density at radius 2 is 1.82 bits per heavy atom. The van der Waals surface area contributed by atoms with E-state index in [1.807, 2.05) is 0 Å². The first kappa shape index (κ1) is 18.2. The van der Waals surface area contributed by atoms with Crippen LogP contribution in [0.25, 0.3) is 11.1 Å². The molecule has 0 aliphatic heterocycles. The number of hydrogen-bond acceptors (Lipinski definition) is 6. The number of oxazole rings is 1. The number of anilines is 2. The highest BCUT2D eigenvalue weighted by molar-refractivity contribution is 7.94. The van der Waals surface area contributed by atoms with E-state index in [9.17, 15) is 13.2 Å². The highest BCUT2D eigenvalue weighted by Gasteiger charge is 2.15. The Hall–Kier alpha value is -3.17. The number of fused-ring (bicyclic) bond motifs is 1. The molecule has 7 nitrogen and oxygen atoms in total. The summed E-state index contributed by atoms with van der Waals surface area (Å²) >= 11 is 1.13. The number of nitrogens with one attached hydrogen (secondary N) is 2. The quantitative estimate of drug-likeness (QED) is 0.509. The molecule has 0 aliphatic carbocycles. The van der Waals surface area contributed by atoms with Crippen molar-refractivity contribution in [1.82, 2.24) is 4.98 Å². The van der Waals surface area contributed by atoms with Crippen molar-refractivity contribution >= 4 is 49.7 Å². The third kappa shape index (κ3) is 3.75. The smallest absolute Gasteiger partial charge is 0.271 e. The van der Waals surface area contributed by atoms with Gasteiger partial charge in [-0.1, -0.05) is 6.07 Å². The lowest BCUT2D eigenvalue weighted by Gasteiger charge is -2.08. The minimum atomic E-state index is -3.62. The fourth-order valence-electron chi connectivity index (χ4n) is 2.64. The van der Waals surface area contributed by atoms with Gasteiger partial charge in [0.2, 0.25) is 0 Å². The number of benzene rings is 2. The van der Waals surface area contributed by atoms with E-state index in [1.165, 1.54) is 6.07 Å². The Morgan fingerprint density at radius 1 is 1.07 bits per heavy atom. The van der Waals surface area contributed by atoms with Gasteiger partial charge < -0.3 is 9.73 Å². The topological polar surface area (TPSA) is 101 Å². The van der Waals surface area contributed by atoms with E-state index >= 15 is 0 Å². The summed E-state index contributed by atoms with van der Waals surface area (Å²) in [4.78, 5) is 16.7. The number of nitrogens with zero attached hydrogens (tertiary/aromatic N) is 1. The van der Waals surface area contributed by atoms with Crippen molar-refractivity contribution in [2.45, 2.75) is 11.1 Å². The normalized spacial score (nSPS) is 11.5. The Labute approximate surface area is 165 Å². The molecule has 0 aliphatic rings. The van der Waals surface area contributed by atoms with Crippen LogP contribution in [0.2, 0.25) is 0 Å². The summed E-state index contributed by atoms with van der Waals surface area (Å²) in [5.74, 6) is 0.242. The molecular formula is C19H15N3O4S2. The molecule has 9 heteroatoms. The van der Waals surface area contributed by atoms with Crippen LogP contribution in [0.4, 0.5) is 11.4 Å². The highest BCUT2D eigenvalue weighted by atomic mass is 32.2. The second-order valence-electron chi connectivity index (χ2n) is 5.98. The van der Waals surface area contributed by atoms with Crippen molar-refractivity contribution in [3.05, 3.63) is 71.4 Å². The molecule has 142 valence electrons. The predicted molar refractivity (Wildman–Crippen MR) is 108 cm³/mol. The van der Waals surface area contributed by atoms with Gasteiger partial charge in [0, 0.05) is 23.9 Å². The van der Waals surface area contributed by atoms with Crippen molar-refractivity contribution < 1.29 is 17.6 Å². The molecule has 2 aromatic carbocycles. The van der Waals surface area contributed by atoms with E-state index < -0.39 is 10.0 Å². The SMILES string of the molecule is Cc1nc2cc(NC(=O)c3ccc(NS(=O)(=O)c4cccs4)cc3)ccc2o1. The van der Waals surface area contributed by atoms with Gasteiger partial charge in [-0.25, -0.2) is 13.4 Å². The van der Waals surface area contributed by atoms with Gasteiger partial charge in [0.1, 0.15) is 9.73 Å². The Bertz CT molecular complexity index is 1240. The van der Waals surface area contributed by atoms with Gasteiger partial charge in [0.25, 0.3) is 15.9 Å². The van der Waals surface area contributed by atoms with Crippen molar-refractivity contribution in [1.29, 1.82) is 0 Å². The number of carbonyl (C=O) groups is 1. The van der Waals surface area contributed by atoms with Crippen LogP contribution in [0.1, 0.15) is 16.2 Å². The lowest BCUT2D eigenvalue weighted by Crippen LogP contribution is -2.13. The molecule has 0 atom stereocenters. The minimum Gasteiger partial charge on any atom is -0.441 e. The molecule has 0 saturated heterocycles. The number of amides is 1. The first-order valence-electron chi connectivity index (χ1n) is 8.26. The van der Waals surface area contributed by atoms with Crippen LogP contribution in [0.3, 0.4) is 0 Å². The summed E-state index contributed by atoms with van der Waals surface area (Å²) in [7, 11) is -3.62. The number of thiophene rings is 1. The monoisotopic (exact) mass is 413 g/mol. The average molecular weight is 413 g/mol. The summed E-state index contributed by atoms with van der Waals surface area (Å²) in [6.07, 6.45) is 0. The molecule has 0 radical (unpaired) electrons. The van der Waals surface area contributed by atoms with Crippen LogP contribution < -0.4 is 10.0 Å². The fourth-order valence-corrected chi connectivity index (χ4v) is 4.69. The van der Waals surface area contributed by atoms with Crippen molar-refractivity contribution in [2.75, 3.05) is 10.0 Å². The zero-order valence-electron chi connectivity index (χ0n) is 14.7. The maximum absolute atomic E-state index is 12.4. The molecule has 4 aromatic rings. The molecule has 1 amide bonds. The number of rotatable bonds is 5. The molecule has 0 fully saturated rings. The van der Waals surface area contributed by atoms with Crippen LogP contribution in [0, 0.1) is 6.92 Å². The van der Waals surface area contributed by atoms with Crippen LogP contribution in [-0.2, 0) is 10.0 Å². The van der Waals surface area contributed by atoms with Crippen LogP contribution in [0.5, 0.6) is 0 Å². The minimum absolute atomic E-state index is 0.229. The molecule has 0 bridgehead atoms. The molecule has 4 rings (SSSR count). The maximum Gasteiger partial charge on any atom is 0.271 e. The lowest BCUT2D eigenvalue weighted by molar-refractivity contribution is 0.102. The molecule has 0 spiro atoms. The molecular weight excluding hydrogens is 398 g/mol. The van der Waals surface area contributed by atoms with Gasteiger partial charge in [0.15, 0.2) is 11.5 Å². The largest absolute Gasteiger partial charge is 0.441 e. The van der Waals surface area contributed by atoms with Gasteiger partial charge >= 0.3 is 0 Å². The Balaban J connectivity index is 1.47. The molecule has 2 heterocycles. The standard InChI is InChI=1S/C19H15N3O4S2/c1-12-20-16-11-15(8-9-17(16)26-12)21-19(23)13-4-6-14(7-5-13)22-28(24,25)18-3-2-10-27-18/h2-11,22H,1H3,(H,21,23). The molecule has 0 saturated carbocycles. The summed E-state index contributed by atoms with van der Waals surface area (Å²) in [5, 5.41) is 4.49. The zero-order chi connectivity index (χ0) is 19.7.